The van der Waals surface area contributed by atoms with Crippen molar-refractivity contribution in [2.75, 3.05) is 0 Å². The van der Waals surface area contributed by atoms with Crippen LogP contribution >= 0.6 is 35.4 Å². The molecule has 136 valence electrons. The van der Waals surface area contributed by atoms with Gasteiger partial charge in [0.15, 0.2) is 5.11 Å². The number of rotatable bonds is 3. The van der Waals surface area contributed by atoms with Crippen molar-refractivity contribution in [2.24, 2.45) is 22.4 Å². The Hall–Kier alpha value is -1.04. The van der Waals surface area contributed by atoms with Crippen LogP contribution in [0.5, 0.6) is 5.75 Å². The van der Waals surface area contributed by atoms with E-state index in [1.54, 1.807) is 6.07 Å². The van der Waals surface area contributed by atoms with E-state index in [9.17, 15) is 5.11 Å². The van der Waals surface area contributed by atoms with Gasteiger partial charge in [-0.25, -0.2) is 0 Å². The molecule has 0 aliphatic heterocycles. The number of phenolic OH excluding ortho intramolecular Hbond substituents is 1. The molecule has 0 unspecified atom stereocenters. The summed E-state index contributed by atoms with van der Waals surface area (Å²) in [5.41, 5.74) is 3.41. The lowest BCUT2D eigenvalue weighted by atomic mass is 9.64. The van der Waals surface area contributed by atoms with Gasteiger partial charge in [-0.2, -0.15) is 5.10 Å². The van der Waals surface area contributed by atoms with E-state index in [4.69, 9.17) is 35.4 Å². The average Bonchev–Trinajstić information content (AvgIpc) is 3.07. The fourth-order valence-corrected chi connectivity index (χ4v) is 5.26. The second-order valence-corrected chi connectivity index (χ2v) is 9.03. The summed E-state index contributed by atoms with van der Waals surface area (Å²) in [7, 11) is 0. The molecule has 0 amide bonds. The molecule has 2 aliphatic rings. The van der Waals surface area contributed by atoms with Crippen molar-refractivity contribution in [3.63, 3.8) is 0 Å². The van der Waals surface area contributed by atoms with Gasteiger partial charge in [0.2, 0.25) is 0 Å². The molecule has 2 aliphatic carbocycles. The molecule has 3 N–H and O–H groups in total. The number of nitrogens with one attached hydrogen (secondary N) is 2. The first-order valence-electron chi connectivity index (χ1n) is 8.44. The largest absolute Gasteiger partial charge is 0.506 e. The molecule has 0 aromatic heterocycles. The van der Waals surface area contributed by atoms with Crippen LogP contribution in [0, 0.1) is 17.3 Å². The number of halogens is 2. The van der Waals surface area contributed by atoms with Crippen molar-refractivity contribution in [1.29, 1.82) is 0 Å². The monoisotopic (exact) mass is 399 g/mol. The Bertz CT molecular complexity index is 737. The molecule has 1 aromatic rings. The van der Waals surface area contributed by atoms with Gasteiger partial charge in [-0.1, -0.05) is 37.0 Å². The maximum Gasteiger partial charge on any atom is 0.187 e. The van der Waals surface area contributed by atoms with E-state index in [2.05, 4.69) is 36.6 Å². The van der Waals surface area contributed by atoms with Crippen molar-refractivity contribution in [3.8, 4) is 5.75 Å². The Balaban J connectivity index is 1.66. The molecular weight excluding hydrogens is 377 g/mol. The van der Waals surface area contributed by atoms with E-state index < -0.39 is 0 Å². The number of thiocarbonyl (C=S) groups is 1. The second kappa shape index (κ2) is 6.60. The lowest BCUT2D eigenvalue weighted by molar-refractivity contribution is 0.0833. The molecular formula is C18H23Cl2N3OS. The van der Waals surface area contributed by atoms with Crippen LogP contribution in [0.25, 0.3) is 0 Å². The molecule has 0 radical (unpaired) electrons. The van der Waals surface area contributed by atoms with Crippen molar-refractivity contribution >= 4 is 46.7 Å². The quantitative estimate of drug-likeness (QED) is 0.391. The predicted molar refractivity (Wildman–Crippen MR) is 108 cm³/mol. The molecule has 0 saturated heterocycles. The normalized spacial score (nSPS) is 30.0. The number of hydrogen-bond acceptors (Lipinski definition) is 3. The van der Waals surface area contributed by atoms with Gasteiger partial charge in [0, 0.05) is 16.1 Å². The minimum atomic E-state index is -0.0586. The first kappa shape index (κ1) is 18.7. The zero-order valence-electron chi connectivity index (χ0n) is 14.6. The molecule has 25 heavy (non-hydrogen) atoms. The Morgan fingerprint density at radius 1 is 1.28 bits per heavy atom. The summed E-state index contributed by atoms with van der Waals surface area (Å²) in [5.74, 6) is 1.32. The molecule has 1 aromatic carbocycles. The van der Waals surface area contributed by atoms with Gasteiger partial charge in [-0.3, -0.25) is 5.43 Å². The molecule has 7 heteroatoms. The van der Waals surface area contributed by atoms with E-state index in [-0.39, 0.29) is 21.7 Å². The van der Waals surface area contributed by atoms with Gasteiger partial charge in [0.05, 0.1) is 11.2 Å². The molecule has 3 rings (SSSR count). The van der Waals surface area contributed by atoms with Gasteiger partial charge in [-0.15, -0.1) is 0 Å². The van der Waals surface area contributed by atoms with Crippen molar-refractivity contribution in [3.05, 3.63) is 27.7 Å². The highest BCUT2D eigenvalue weighted by Gasteiger charge is 2.60. The van der Waals surface area contributed by atoms with E-state index in [1.165, 1.54) is 31.5 Å². The third-order valence-electron chi connectivity index (χ3n) is 6.41. The highest BCUT2D eigenvalue weighted by atomic mass is 35.5. The Labute approximate surface area is 164 Å². The highest BCUT2D eigenvalue weighted by Crippen LogP contribution is 2.61. The second-order valence-electron chi connectivity index (χ2n) is 7.78. The van der Waals surface area contributed by atoms with Crippen LogP contribution in [-0.4, -0.2) is 22.0 Å². The summed E-state index contributed by atoms with van der Waals surface area (Å²) < 4.78 is 0. The number of fused-ring (bicyclic) bond motifs is 2. The lowest BCUT2D eigenvalue weighted by Crippen LogP contribution is -2.60. The lowest BCUT2D eigenvalue weighted by Gasteiger charge is -2.48. The summed E-state index contributed by atoms with van der Waals surface area (Å²) >= 11 is 17.3. The first-order valence-corrected chi connectivity index (χ1v) is 9.61. The summed E-state index contributed by atoms with van der Waals surface area (Å²) in [6.07, 6.45) is 5.27. The Morgan fingerprint density at radius 2 is 1.96 bits per heavy atom. The fraction of sp³-hybridized carbons (Fsp3) is 0.556. The van der Waals surface area contributed by atoms with E-state index in [0.29, 0.717) is 21.6 Å². The van der Waals surface area contributed by atoms with Crippen LogP contribution in [0.15, 0.2) is 17.2 Å². The third-order valence-corrected chi connectivity index (χ3v) is 7.11. The van der Waals surface area contributed by atoms with Crippen molar-refractivity contribution in [2.45, 2.75) is 45.6 Å². The minimum Gasteiger partial charge on any atom is -0.506 e. The first-order chi connectivity index (χ1) is 11.6. The number of aromatic hydroxyl groups is 1. The maximum absolute atomic E-state index is 9.94. The fourth-order valence-electron chi connectivity index (χ4n) is 4.48. The standard InChI is InChI=1S/C18H23Cl2N3OS/c1-17(2)11-4-5-12(7-11)18(17,3)22-16(25)23-21-9-10-6-13(19)8-14(20)15(10)24/h6,8-9,11-12,24H,4-5,7H2,1-3H3,(H2,22,23,25)/b21-9+/t11-,12-,18-/m1/s1. The van der Waals surface area contributed by atoms with Gasteiger partial charge >= 0.3 is 0 Å². The third kappa shape index (κ3) is 3.22. The molecule has 4 nitrogen and oxygen atoms in total. The number of hydrazone groups is 1. The van der Waals surface area contributed by atoms with Gasteiger partial charge < -0.3 is 10.4 Å². The van der Waals surface area contributed by atoms with Gasteiger partial charge in [0.1, 0.15) is 5.75 Å². The minimum absolute atomic E-state index is 0.0446. The van der Waals surface area contributed by atoms with Gasteiger partial charge in [-0.05, 0) is 67.8 Å². The number of hydrogen-bond donors (Lipinski definition) is 3. The van der Waals surface area contributed by atoms with E-state index in [0.717, 1.165) is 5.92 Å². The van der Waals surface area contributed by atoms with Crippen LogP contribution in [0.4, 0.5) is 0 Å². The summed E-state index contributed by atoms with van der Waals surface area (Å²) in [6.45, 7) is 6.90. The van der Waals surface area contributed by atoms with E-state index >= 15 is 0 Å². The van der Waals surface area contributed by atoms with Crippen LogP contribution < -0.4 is 10.7 Å². The topological polar surface area (TPSA) is 56.7 Å². The molecule has 2 bridgehead atoms. The summed E-state index contributed by atoms with van der Waals surface area (Å²) in [4.78, 5) is 0. The Kier molecular flexibility index (Phi) is 4.95. The predicted octanol–water partition coefficient (Wildman–Crippen LogP) is 4.71. The van der Waals surface area contributed by atoms with Crippen LogP contribution in [0.2, 0.25) is 10.0 Å². The van der Waals surface area contributed by atoms with Gasteiger partial charge in [0.25, 0.3) is 0 Å². The Morgan fingerprint density at radius 3 is 2.60 bits per heavy atom. The SMILES string of the molecule is CC1(C)[C@@H]2CC[C@H](C2)[C@@]1(C)NC(=S)N/N=C/c1cc(Cl)cc(Cl)c1O. The van der Waals surface area contributed by atoms with Crippen molar-refractivity contribution in [1.82, 2.24) is 10.7 Å². The zero-order chi connectivity index (χ0) is 18.4. The van der Waals surface area contributed by atoms with Crippen molar-refractivity contribution < 1.29 is 5.11 Å². The molecule has 2 saturated carbocycles. The maximum atomic E-state index is 9.94. The zero-order valence-corrected chi connectivity index (χ0v) is 16.9. The number of benzene rings is 1. The average molecular weight is 400 g/mol. The van der Waals surface area contributed by atoms with Crippen LogP contribution in [-0.2, 0) is 0 Å². The van der Waals surface area contributed by atoms with E-state index in [1.807, 2.05) is 0 Å². The smallest absolute Gasteiger partial charge is 0.187 e. The van der Waals surface area contributed by atoms with Crippen LogP contribution in [0.1, 0.15) is 45.6 Å². The van der Waals surface area contributed by atoms with Crippen LogP contribution in [0.3, 0.4) is 0 Å². The number of phenols is 1. The molecule has 3 atom stereocenters. The molecule has 2 fully saturated rings. The molecule has 0 heterocycles. The summed E-state index contributed by atoms with van der Waals surface area (Å²) in [6, 6.07) is 3.07. The number of nitrogens with zero attached hydrogens (tertiary/aromatic N) is 1. The summed E-state index contributed by atoms with van der Waals surface area (Å²) in [5, 5.41) is 18.6. The highest BCUT2D eigenvalue weighted by molar-refractivity contribution is 7.80. The molecule has 0 spiro atoms.